The molecule has 0 bridgehead atoms. The van der Waals surface area contributed by atoms with Crippen LogP contribution in [0.4, 0.5) is 11.4 Å². The zero-order chi connectivity index (χ0) is 11.8. The monoisotopic (exact) mass is 218 g/mol. The lowest BCUT2D eigenvalue weighted by atomic mass is 10.2. The summed E-state index contributed by atoms with van der Waals surface area (Å²) in [5.74, 6) is 0. The van der Waals surface area contributed by atoms with Gasteiger partial charge in [-0.25, -0.2) is 0 Å². The lowest BCUT2D eigenvalue weighted by molar-refractivity contribution is 0.705. The van der Waals surface area contributed by atoms with Gasteiger partial charge in [0.15, 0.2) is 0 Å². The molecule has 2 heteroatoms. The molecule has 0 heterocycles. The van der Waals surface area contributed by atoms with Crippen molar-refractivity contribution < 1.29 is 0 Å². The van der Waals surface area contributed by atoms with E-state index in [4.69, 9.17) is 5.73 Å². The molecule has 0 aliphatic heterocycles. The topological polar surface area (TPSA) is 29.3 Å². The van der Waals surface area contributed by atoms with Crippen molar-refractivity contribution >= 4 is 11.4 Å². The molecule has 0 aliphatic rings. The van der Waals surface area contributed by atoms with Gasteiger partial charge in [0.2, 0.25) is 0 Å². The maximum absolute atomic E-state index is 5.97. The Balaban J connectivity index is 2.54. The summed E-state index contributed by atoms with van der Waals surface area (Å²) >= 11 is 0. The Bertz CT molecular complexity index is 320. The van der Waals surface area contributed by atoms with Crippen LogP contribution in [0.5, 0.6) is 0 Å². The van der Waals surface area contributed by atoms with Gasteiger partial charge in [-0.15, -0.1) is 6.58 Å². The molecule has 0 aliphatic carbocycles. The van der Waals surface area contributed by atoms with Crippen molar-refractivity contribution in [2.45, 2.75) is 26.2 Å². The normalized spacial score (nSPS) is 10.1. The molecule has 2 nitrogen and oxygen atoms in total. The standard InChI is InChI=1S/C14H22N2/c1-3-5-6-9-12-16(4-2)14-11-8-7-10-13(14)15/h3,7-8,10-11H,1,4-6,9,12,15H2,2H3. The van der Waals surface area contributed by atoms with Crippen molar-refractivity contribution in [3.05, 3.63) is 36.9 Å². The molecular weight excluding hydrogens is 196 g/mol. The third kappa shape index (κ3) is 3.61. The first-order chi connectivity index (χ1) is 7.79. The predicted molar refractivity (Wildman–Crippen MR) is 72.8 cm³/mol. The lowest BCUT2D eigenvalue weighted by Crippen LogP contribution is -2.24. The zero-order valence-corrected chi connectivity index (χ0v) is 10.2. The van der Waals surface area contributed by atoms with Crippen molar-refractivity contribution in [2.75, 3.05) is 23.7 Å². The van der Waals surface area contributed by atoms with Crippen molar-refractivity contribution in [3.8, 4) is 0 Å². The molecule has 2 N–H and O–H groups in total. The Morgan fingerprint density at radius 2 is 2.06 bits per heavy atom. The van der Waals surface area contributed by atoms with Crippen LogP contribution < -0.4 is 10.6 Å². The minimum absolute atomic E-state index is 0.869. The van der Waals surface area contributed by atoms with Crippen LogP contribution in [0.2, 0.25) is 0 Å². The number of nitrogen functional groups attached to an aromatic ring is 1. The fraction of sp³-hybridized carbons (Fsp3) is 0.429. The van der Waals surface area contributed by atoms with Crippen LogP contribution in [0.1, 0.15) is 26.2 Å². The number of allylic oxidation sites excluding steroid dienone is 1. The van der Waals surface area contributed by atoms with Gasteiger partial charge in [0.05, 0.1) is 11.4 Å². The maximum Gasteiger partial charge on any atom is 0.0599 e. The number of rotatable bonds is 7. The van der Waals surface area contributed by atoms with E-state index in [1.807, 2.05) is 24.3 Å². The van der Waals surface area contributed by atoms with E-state index in [-0.39, 0.29) is 0 Å². The van der Waals surface area contributed by atoms with Crippen LogP contribution in [-0.4, -0.2) is 13.1 Å². The maximum atomic E-state index is 5.97. The molecule has 0 atom stereocenters. The summed E-state index contributed by atoms with van der Waals surface area (Å²) in [6.45, 7) is 7.97. The zero-order valence-electron chi connectivity index (χ0n) is 10.2. The summed E-state index contributed by atoms with van der Waals surface area (Å²) in [7, 11) is 0. The first kappa shape index (κ1) is 12.6. The second-order valence-electron chi connectivity index (χ2n) is 3.92. The van der Waals surface area contributed by atoms with E-state index < -0.39 is 0 Å². The average Bonchev–Trinajstić information content (AvgIpc) is 2.31. The third-order valence-electron chi connectivity index (χ3n) is 2.75. The van der Waals surface area contributed by atoms with Crippen LogP contribution >= 0.6 is 0 Å². The molecule has 0 saturated carbocycles. The van der Waals surface area contributed by atoms with Gasteiger partial charge in [-0.05, 0) is 38.3 Å². The summed E-state index contributed by atoms with van der Waals surface area (Å²) in [5, 5.41) is 0. The van der Waals surface area contributed by atoms with Gasteiger partial charge in [-0.2, -0.15) is 0 Å². The van der Waals surface area contributed by atoms with Crippen molar-refractivity contribution in [2.24, 2.45) is 0 Å². The number of nitrogens with zero attached hydrogens (tertiary/aromatic N) is 1. The fourth-order valence-electron chi connectivity index (χ4n) is 1.82. The Labute approximate surface area is 98.8 Å². The van der Waals surface area contributed by atoms with Gasteiger partial charge in [0.25, 0.3) is 0 Å². The predicted octanol–water partition coefficient (Wildman–Crippen LogP) is 3.45. The Morgan fingerprint density at radius 3 is 2.69 bits per heavy atom. The van der Waals surface area contributed by atoms with E-state index >= 15 is 0 Å². The van der Waals surface area contributed by atoms with Gasteiger partial charge >= 0.3 is 0 Å². The highest BCUT2D eigenvalue weighted by Gasteiger charge is 2.06. The average molecular weight is 218 g/mol. The number of nitrogens with two attached hydrogens (primary N) is 1. The molecule has 1 aromatic rings. The van der Waals surface area contributed by atoms with E-state index in [0.717, 1.165) is 30.9 Å². The number of benzene rings is 1. The van der Waals surface area contributed by atoms with Crippen molar-refractivity contribution in [3.63, 3.8) is 0 Å². The molecule has 88 valence electrons. The molecule has 1 rings (SSSR count). The molecule has 0 saturated heterocycles. The molecule has 0 aromatic heterocycles. The Morgan fingerprint density at radius 1 is 1.31 bits per heavy atom. The number of hydrogen-bond acceptors (Lipinski definition) is 2. The van der Waals surface area contributed by atoms with Crippen LogP contribution in [0.3, 0.4) is 0 Å². The Hall–Kier alpha value is -1.44. The highest BCUT2D eigenvalue weighted by Crippen LogP contribution is 2.22. The minimum Gasteiger partial charge on any atom is -0.397 e. The largest absolute Gasteiger partial charge is 0.397 e. The van der Waals surface area contributed by atoms with Crippen LogP contribution in [0, 0.1) is 0 Å². The molecule has 1 aromatic carbocycles. The van der Waals surface area contributed by atoms with E-state index in [2.05, 4.69) is 24.5 Å². The lowest BCUT2D eigenvalue weighted by Gasteiger charge is -2.24. The van der Waals surface area contributed by atoms with Gasteiger partial charge < -0.3 is 10.6 Å². The molecule has 0 unspecified atom stereocenters. The van der Waals surface area contributed by atoms with E-state index in [1.165, 1.54) is 12.8 Å². The van der Waals surface area contributed by atoms with Crippen molar-refractivity contribution in [1.82, 2.24) is 0 Å². The molecule has 16 heavy (non-hydrogen) atoms. The number of hydrogen-bond donors (Lipinski definition) is 1. The summed E-state index contributed by atoms with van der Waals surface area (Å²) in [5.41, 5.74) is 7.99. The van der Waals surface area contributed by atoms with Crippen LogP contribution in [0.25, 0.3) is 0 Å². The molecule has 0 fully saturated rings. The van der Waals surface area contributed by atoms with Gasteiger partial charge in [-0.3, -0.25) is 0 Å². The first-order valence-electron chi connectivity index (χ1n) is 6.00. The van der Waals surface area contributed by atoms with Crippen molar-refractivity contribution in [1.29, 1.82) is 0 Å². The second kappa shape index (κ2) is 6.94. The number of unbranched alkanes of at least 4 members (excludes halogenated alkanes) is 2. The molecule has 0 amide bonds. The summed E-state index contributed by atoms with van der Waals surface area (Å²) < 4.78 is 0. The smallest absolute Gasteiger partial charge is 0.0599 e. The van der Waals surface area contributed by atoms with Gasteiger partial charge in [0, 0.05) is 13.1 Å². The van der Waals surface area contributed by atoms with Crippen LogP contribution in [-0.2, 0) is 0 Å². The third-order valence-corrected chi connectivity index (χ3v) is 2.75. The minimum atomic E-state index is 0.869. The molecular formula is C14H22N2. The summed E-state index contributed by atoms with van der Waals surface area (Å²) in [6.07, 6.45) is 5.47. The Kier molecular flexibility index (Phi) is 5.48. The number of anilines is 2. The molecule has 0 spiro atoms. The first-order valence-corrected chi connectivity index (χ1v) is 6.00. The van der Waals surface area contributed by atoms with Crippen LogP contribution in [0.15, 0.2) is 36.9 Å². The highest BCUT2D eigenvalue weighted by atomic mass is 15.1. The second-order valence-corrected chi connectivity index (χ2v) is 3.92. The molecule has 0 radical (unpaired) electrons. The quantitative estimate of drug-likeness (QED) is 0.431. The van der Waals surface area contributed by atoms with E-state index in [0.29, 0.717) is 0 Å². The summed E-state index contributed by atoms with van der Waals surface area (Å²) in [6, 6.07) is 8.07. The fourth-order valence-corrected chi connectivity index (χ4v) is 1.82. The SMILES string of the molecule is C=CCCCCN(CC)c1ccccc1N. The van der Waals surface area contributed by atoms with E-state index in [1.54, 1.807) is 0 Å². The van der Waals surface area contributed by atoms with Gasteiger partial charge in [-0.1, -0.05) is 18.2 Å². The van der Waals surface area contributed by atoms with Gasteiger partial charge in [0.1, 0.15) is 0 Å². The van der Waals surface area contributed by atoms with E-state index in [9.17, 15) is 0 Å². The summed E-state index contributed by atoms with van der Waals surface area (Å²) in [4.78, 5) is 2.33. The number of para-hydroxylation sites is 2. The highest BCUT2D eigenvalue weighted by molar-refractivity contribution is 5.67.